The topological polar surface area (TPSA) is 136 Å². The van der Waals surface area contributed by atoms with E-state index in [1.807, 2.05) is 37.3 Å². The average Bonchev–Trinajstić information content (AvgIpc) is 3.34. The normalized spacial score (nSPS) is 11.6. The van der Waals surface area contributed by atoms with Gasteiger partial charge in [-0.1, -0.05) is 48.0 Å². The first-order valence-electron chi connectivity index (χ1n) is 10.7. The zero-order valence-electron chi connectivity index (χ0n) is 18.6. The van der Waals surface area contributed by atoms with Gasteiger partial charge in [0.05, 0.1) is 28.3 Å². The standard InChI is InChI=1S/C25H22ClN5O4/c1-14-5-4-8-19(26)22(14)31-25(35)30-20-10-16-7-3-2-6-15(16)9-18(20)23(32)29-21(24(33)34)11-17-12-27-13-28-17/h2-10,12-13,21H,11H2,1H3,(H,27,28)(H,29,32)(H,33,34)(H2,30,31,35). The molecule has 0 bridgehead atoms. The van der Waals surface area contributed by atoms with Crippen molar-refractivity contribution < 1.29 is 19.5 Å². The van der Waals surface area contributed by atoms with Crippen molar-refractivity contribution in [3.8, 4) is 0 Å². The van der Waals surface area contributed by atoms with Crippen molar-refractivity contribution in [1.29, 1.82) is 0 Å². The number of hydrogen-bond acceptors (Lipinski definition) is 4. The number of urea groups is 1. The van der Waals surface area contributed by atoms with E-state index in [2.05, 4.69) is 25.9 Å². The first-order valence-corrected chi connectivity index (χ1v) is 11.1. The van der Waals surface area contributed by atoms with Crippen molar-refractivity contribution in [3.63, 3.8) is 0 Å². The van der Waals surface area contributed by atoms with E-state index in [1.54, 1.807) is 24.3 Å². The molecule has 0 saturated carbocycles. The lowest BCUT2D eigenvalue weighted by molar-refractivity contribution is -0.139. The molecule has 0 aliphatic carbocycles. The molecule has 1 aromatic heterocycles. The molecule has 9 nitrogen and oxygen atoms in total. The van der Waals surface area contributed by atoms with Gasteiger partial charge in [0, 0.05) is 18.3 Å². The molecular weight excluding hydrogens is 470 g/mol. The SMILES string of the molecule is Cc1cccc(Cl)c1NC(=O)Nc1cc2ccccc2cc1C(=O)NC(Cc1cnc[nH]1)C(=O)O. The number of anilines is 2. The van der Waals surface area contributed by atoms with Crippen LogP contribution in [0.2, 0.25) is 5.02 Å². The molecule has 4 rings (SSSR count). The highest BCUT2D eigenvalue weighted by Crippen LogP contribution is 2.27. The van der Waals surface area contributed by atoms with Crippen molar-refractivity contribution >= 4 is 51.7 Å². The van der Waals surface area contributed by atoms with Gasteiger partial charge in [-0.25, -0.2) is 14.6 Å². The quantitative estimate of drug-likeness (QED) is 0.257. The van der Waals surface area contributed by atoms with Gasteiger partial charge in [0.15, 0.2) is 0 Å². The van der Waals surface area contributed by atoms with Crippen LogP contribution in [0, 0.1) is 6.92 Å². The Morgan fingerprint density at radius 3 is 2.46 bits per heavy atom. The Morgan fingerprint density at radius 2 is 1.80 bits per heavy atom. The lowest BCUT2D eigenvalue weighted by Gasteiger charge is -2.17. The second kappa shape index (κ2) is 10.3. The molecule has 1 heterocycles. The molecule has 0 aliphatic rings. The predicted octanol–water partition coefficient (Wildman–Crippen LogP) is 4.59. The Balaban J connectivity index is 1.63. The molecule has 0 radical (unpaired) electrons. The number of H-pyrrole nitrogens is 1. The summed E-state index contributed by atoms with van der Waals surface area (Å²) in [6.45, 7) is 1.81. The van der Waals surface area contributed by atoms with Crippen LogP contribution in [0.5, 0.6) is 0 Å². The zero-order chi connectivity index (χ0) is 24.9. The zero-order valence-corrected chi connectivity index (χ0v) is 19.4. The van der Waals surface area contributed by atoms with E-state index >= 15 is 0 Å². The van der Waals surface area contributed by atoms with Gasteiger partial charge in [0.2, 0.25) is 0 Å². The number of fused-ring (bicyclic) bond motifs is 1. The summed E-state index contributed by atoms with van der Waals surface area (Å²) in [4.78, 5) is 44.5. The summed E-state index contributed by atoms with van der Waals surface area (Å²) in [7, 11) is 0. The number of nitrogens with one attached hydrogen (secondary N) is 4. The van der Waals surface area contributed by atoms with E-state index < -0.39 is 23.9 Å². The molecule has 0 aliphatic heterocycles. The molecule has 3 aromatic carbocycles. The first kappa shape index (κ1) is 23.8. The number of nitrogens with zero attached hydrogens (tertiary/aromatic N) is 1. The molecule has 0 spiro atoms. The maximum atomic E-state index is 13.2. The van der Waals surface area contributed by atoms with Crippen molar-refractivity contribution in [2.75, 3.05) is 10.6 Å². The number of rotatable bonds is 7. The Morgan fingerprint density at radius 1 is 1.06 bits per heavy atom. The highest BCUT2D eigenvalue weighted by molar-refractivity contribution is 6.34. The van der Waals surface area contributed by atoms with Crippen molar-refractivity contribution in [1.82, 2.24) is 15.3 Å². The molecule has 35 heavy (non-hydrogen) atoms. The van der Waals surface area contributed by atoms with Crippen LogP contribution in [0.15, 0.2) is 67.1 Å². The maximum absolute atomic E-state index is 13.2. The molecule has 10 heteroatoms. The van der Waals surface area contributed by atoms with Crippen LogP contribution in [0.1, 0.15) is 21.6 Å². The molecule has 4 aromatic rings. The maximum Gasteiger partial charge on any atom is 0.326 e. The number of benzene rings is 3. The number of carboxylic acid groups (broad SMARTS) is 1. The van der Waals surface area contributed by atoms with Crippen molar-refractivity contribution in [3.05, 3.63) is 89.0 Å². The fourth-order valence-corrected chi connectivity index (χ4v) is 3.91. The number of para-hydroxylation sites is 1. The molecule has 1 unspecified atom stereocenters. The highest BCUT2D eigenvalue weighted by atomic mass is 35.5. The van der Waals surface area contributed by atoms with E-state index in [-0.39, 0.29) is 17.7 Å². The van der Waals surface area contributed by atoms with Crippen LogP contribution >= 0.6 is 11.6 Å². The third kappa shape index (κ3) is 5.59. The van der Waals surface area contributed by atoms with Gasteiger partial charge in [-0.2, -0.15) is 0 Å². The molecule has 0 fully saturated rings. The van der Waals surface area contributed by atoms with Crippen molar-refractivity contribution in [2.24, 2.45) is 0 Å². The van der Waals surface area contributed by atoms with Crippen molar-refractivity contribution in [2.45, 2.75) is 19.4 Å². The van der Waals surface area contributed by atoms with Gasteiger partial charge in [-0.05, 0) is 41.5 Å². The van der Waals surface area contributed by atoms with E-state index in [4.69, 9.17) is 11.6 Å². The monoisotopic (exact) mass is 491 g/mol. The second-order valence-corrected chi connectivity index (χ2v) is 8.31. The van der Waals surface area contributed by atoms with Gasteiger partial charge in [0.1, 0.15) is 6.04 Å². The summed E-state index contributed by atoms with van der Waals surface area (Å²) in [5.41, 5.74) is 2.11. The lowest BCUT2D eigenvalue weighted by Crippen LogP contribution is -2.42. The Labute approximate surface area is 205 Å². The van der Waals surface area contributed by atoms with Gasteiger partial charge in [-0.15, -0.1) is 0 Å². The van der Waals surface area contributed by atoms with E-state index in [0.717, 1.165) is 16.3 Å². The van der Waals surface area contributed by atoms with Crippen LogP contribution in [-0.2, 0) is 11.2 Å². The van der Waals surface area contributed by atoms with Crippen LogP contribution < -0.4 is 16.0 Å². The molecular formula is C25H22ClN5O4. The number of halogens is 1. The Bertz CT molecular complexity index is 1380. The summed E-state index contributed by atoms with van der Waals surface area (Å²) < 4.78 is 0. The van der Waals surface area contributed by atoms with Gasteiger partial charge in [-0.3, -0.25) is 4.79 Å². The fourth-order valence-electron chi connectivity index (χ4n) is 3.64. The lowest BCUT2D eigenvalue weighted by atomic mass is 10.0. The number of carboxylic acids is 1. The molecule has 0 saturated heterocycles. The third-order valence-electron chi connectivity index (χ3n) is 5.42. The van der Waals surface area contributed by atoms with Gasteiger partial charge < -0.3 is 26.0 Å². The summed E-state index contributed by atoms with van der Waals surface area (Å²) in [6.07, 6.45) is 2.94. The number of hydrogen-bond donors (Lipinski definition) is 5. The van der Waals surface area contributed by atoms with Crippen LogP contribution in [-0.4, -0.2) is 39.0 Å². The minimum Gasteiger partial charge on any atom is -0.480 e. The first-order chi connectivity index (χ1) is 16.8. The molecule has 3 amide bonds. The van der Waals surface area contributed by atoms with Crippen LogP contribution in [0.4, 0.5) is 16.2 Å². The number of amides is 3. The number of carbonyl (C=O) groups is 3. The molecule has 5 N–H and O–H groups in total. The summed E-state index contributed by atoms with van der Waals surface area (Å²) in [6, 6.07) is 14.0. The predicted molar refractivity (Wildman–Crippen MR) is 134 cm³/mol. The number of aryl methyl sites for hydroxylation is 1. The highest BCUT2D eigenvalue weighted by Gasteiger charge is 2.24. The van der Waals surface area contributed by atoms with E-state index in [1.165, 1.54) is 12.5 Å². The van der Waals surface area contributed by atoms with E-state index in [0.29, 0.717) is 16.4 Å². The number of aliphatic carboxylic acids is 1. The molecule has 178 valence electrons. The number of aromatic amines is 1. The second-order valence-electron chi connectivity index (χ2n) is 7.90. The average molecular weight is 492 g/mol. The summed E-state index contributed by atoms with van der Waals surface area (Å²) in [5.74, 6) is -1.85. The van der Waals surface area contributed by atoms with E-state index in [9.17, 15) is 19.5 Å². The fraction of sp³-hybridized carbons (Fsp3) is 0.120. The summed E-state index contributed by atoms with van der Waals surface area (Å²) >= 11 is 6.21. The minimum atomic E-state index is -1.21. The minimum absolute atomic E-state index is 0.0175. The van der Waals surface area contributed by atoms with Crippen LogP contribution in [0.3, 0.4) is 0 Å². The summed E-state index contributed by atoms with van der Waals surface area (Å²) in [5, 5.41) is 19.5. The number of aromatic nitrogens is 2. The Kier molecular flexibility index (Phi) is 6.98. The number of carbonyl (C=O) groups excluding carboxylic acids is 2. The number of imidazole rings is 1. The Hall–Kier alpha value is -4.37. The smallest absolute Gasteiger partial charge is 0.326 e. The van der Waals surface area contributed by atoms with Gasteiger partial charge in [0.25, 0.3) is 5.91 Å². The van der Waals surface area contributed by atoms with Crippen LogP contribution in [0.25, 0.3) is 10.8 Å². The largest absolute Gasteiger partial charge is 0.480 e. The third-order valence-corrected chi connectivity index (χ3v) is 5.74. The molecule has 1 atom stereocenters. The van der Waals surface area contributed by atoms with Gasteiger partial charge >= 0.3 is 12.0 Å².